The molecule has 5 rings (SSSR count). The summed E-state index contributed by atoms with van der Waals surface area (Å²) >= 11 is 0. The number of hydrogen-bond donors (Lipinski definition) is 2. The third-order valence-electron chi connectivity index (χ3n) is 7.87. The van der Waals surface area contributed by atoms with Gasteiger partial charge in [0.25, 0.3) is 0 Å². The molecule has 2 N–H and O–H groups in total. The van der Waals surface area contributed by atoms with Gasteiger partial charge in [-0.3, -0.25) is 4.79 Å². The first-order chi connectivity index (χ1) is 16.9. The van der Waals surface area contributed by atoms with Crippen molar-refractivity contribution in [3.63, 3.8) is 0 Å². The number of amides is 2. The fourth-order valence-electron chi connectivity index (χ4n) is 5.64. The molecule has 0 bridgehead atoms. The number of aliphatic carboxylic acids is 1. The van der Waals surface area contributed by atoms with Crippen molar-refractivity contribution in [3.8, 4) is 11.1 Å². The number of likely N-dealkylation sites (tertiary alicyclic amines) is 1. The zero-order valence-corrected chi connectivity index (χ0v) is 20.0. The van der Waals surface area contributed by atoms with E-state index in [1.165, 1.54) is 16.0 Å². The molecule has 0 aromatic heterocycles. The second-order valence-corrected chi connectivity index (χ2v) is 10.3. The molecule has 7 nitrogen and oxygen atoms in total. The van der Waals surface area contributed by atoms with Gasteiger partial charge in [-0.25, -0.2) is 9.59 Å². The molecular formula is C28H32N2O5. The Bertz CT molecular complexity index is 1100. The van der Waals surface area contributed by atoms with Crippen molar-refractivity contribution in [3.05, 3.63) is 59.7 Å². The topological polar surface area (TPSA) is 95.9 Å². The van der Waals surface area contributed by atoms with Crippen LogP contribution in [0, 0.1) is 11.8 Å². The van der Waals surface area contributed by atoms with Crippen LogP contribution < -0.4 is 5.32 Å². The maximum atomic E-state index is 13.4. The quantitative estimate of drug-likeness (QED) is 0.589. The molecule has 2 fully saturated rings. The van der Waals surface area contributed by atoms with Gasteiger partial charge in [-0.1, -0.05) is 61.4 Å². The Hall–Kier alpha value is -3.35. The first-order valence-electron chi connectivity index (χ1n) is 12.5. The van der Waals surface area contributed by atoms with Gasteiger partial charge in [0.05, 0.1) is 5.92 Å². The van der Waals surface area contributed by atoms with Crippen LogP contribution in [0.5, 0.6) is 0 Å². The molecule has 1 unspecified atom stereocenters. The van der Waals surface area contributed by atoms with E-state index in [-0.39, 0.29) is 25.0 Å². The minimum Gasteiger partial charge on any atom is -0.480 e. The number of hydrogen-bond acceptors (Lipinski definition) is 4. The van der Waals surface area contributed by atoms with E-state index < -0.39 is 23.5 Å². The van der Waals surface area contributed by atoms with E-state index in [0.717, 1.165) is 24.0 Å². The number of carboxylic acid groups (broad SMARTS) is 1. The molecule has 0 spiro atoms. The Labute approximate surface area is 205 Å². The van der Waals surface area contributed by atoms with E-state index in [9.17, 15) is 19.5 Å². The van der Waals surface area contributed by atoms with Crippen molar-refractivity contribution in [2.24, 2.45) is 11.8 Å². The van der Waals surface area contributed by atoms with Crippen LogP contribution in [0.3, 0.4) is 0 Å². The van der Waals surface area contributed by atoms with E-state index in [1.807, 2.05) is 24.3 Å². The Kier molecular flexibility index (Phi) is 6.26. The number of carbonyl (C=O) groups excluding carboxylic acids is 2. The van der Waals surface area contributed by atoms with Gasteiger partial charge in [0.1, 0.15) is 12.1 Å². The average Bonchev–Trinajstić information content (AvgIpc) is 3.50. The summed E-state index contributed by atoms with van der Waals surface area (Å²) in [5.74, 6) is -1.17. The molecule has 1 heterocycles. The van der Waals surface area contributed by atoms with Gasteiger partial charge >= 0.3 is 12.1 Å². The van der Waals surface area contributed by atoms with Crippen molar-refractivity contribution in [1.82, 2.24) is 10.2 Å². The number of alkyl carbamates (subject to hydrolysis) is 1. The average molecular weight is 477 g/mol. The number of benzene rings is 2. The van der Waals surface area contributed by atoms with Crippen LogP contribution >= 0.6 is 0 Å². The summed E-state index contributed by atoms with van der Waals surface area (Å²) in [4.78, 5) is 39.4. The van der Waals surface area contributed by atoms with Crippen LogP contribution in [0.1, 0.15) is 56.1 Å². The lowest BCUT2D eigenvalue weighted by molar-refractivity contribution is -0.157. The van der Waals surface area contributed by atoms with Crippen LogP contribution in [-0.4, -0.2) is 53.2 Å². The fourth-order valence-corrected chi connectivity index (χ4v) is 5.64. The third kappa shape index (κ3) is 4.51. The second kappa shape index (κ2) is 9.36. The maximum absolute atomic E-state index is 13.4. The number of ether oxygens (including phenoxy) is 1. The Morgan fingerprint density at radius 1 is 1.09 bits per heavy atom. The van der Waals surface area contributed by atoms with Gasteiger partial charge < -0.3 is 20.1 Å². The van der Waals surface area contributed by atoms with Gasteiger partial charge in [0.15, 0.2) is 0 Å². The van der Waals surface area contributed by atoms with Crippen molar-refractivity contribution in [1.29, 1.82) is 0 Å². The van der Waals surface area contributed by atoms with Gasteiger partial charge in [-0.2, -0.15) is 0 Å². The summed E-state index contributed by atoms with van der Waals surface area (Å²) in [6, 6.07) is 16.3. The van der Waals surface area contributed by atoms with Crippen LogP contribution in [0.15, 0.2) is 48.5 Å². The zero-order chi connectivity index (χ0) is 24.6. The predicted octanol–water partition coefficient (Wildman–Crippen LogP) is 4.41. The highest BCUT2D eigenvalue weighted by Crippen LogP contribution is 2.44. The molecule has 2 amide bonds. The first kappa shape index (κ1) is 23.4. The summed E-state index contributed by atoms with van der Waals surface area (Å²) in [5.41, 5.74) is 3.44. The molecule has 0 radical (unpaired) electrons. The van der Waals surface area contributed by atoms with E-state index in [2.05, 4.69) is 29.6 Å². The van der Waals surface area contributed by atoms with Crippen molar-refractivity contribution < 1.29 is 24.2 Å². The largest absolute Gasteiger partial charge is 0.480 e. The lowest BCUT2D eigenvalue weighted by Crippen LogP contribution is -2.53. The second-order valence-electron chi connectivity index (χ2n) is 10.3. The molecule has 2 aliphatic carbocycles. The summed E-state index contributed by atoms with van der Waals surface area (Å²) < 4.78 is 5.63. The van der Waals surface area contributed by atoms with E-state index in [1.54, 1.807) is 6.92 Å². The van der Waals surface area contributed by atoms with Crippen molar-refractivity contribution in [2.75, 3.05) is 19.7 Å². The highest BCUT2D eigenvalue weighted by atomic mass is 16.5. The minimum absolute atomic E-state index is 0.0297. The number of carbonyl (C=O) groups is 3. The highest BCUT2D eigenvalue weighted by Gasteiger charge is 2.47. The fraction of sp³-hybridized carbons (Fsp3) is 0.464. The lowest BCUT2D eigenvalue weighted by Gasteiger charge is -2.34. The predicted molar refractivity (Wildman–Crippen MR) is 131 cm³/mol. The monoisotopic (exact) mass is 476 g/mol. The molecule has 2 atom stereocenters. The summed E-state index contributed by atoms with van der Waals surface area (Å²) in [7, 11) is 0. The number of nitrogens with one attached hydrogen (secondary N) is 1. The van der Waals surface area contributed by atoms with Gasteiger partial charge in [0, 0.05) is 19.0 Å². The lowest BCUT2D eigenvalue weighted by atomic mass is 9.95. The molecule has 1 aliphatic heterocycles. The van der Waals surface area contributed by atoms with E-state index in [4.69, 9.17) is 4.74 Å². The zero-order valence-electron chi connectivity index (χ0n) is 20.0. The molecule has 1 saturated carbocycles. The summed E-state index contributed by atoms with van der Waals surface area (Å²) in [5, 5.41) is 12.5. The third-order valence-corrected chi connectivity index (χ3v) is 7.87. The number of nitrogens with zero attached hydrogens (tertiary/aromatic N) is 1. The molecule has 1 saturated heterocycles. The van der Waals surface area contributed by atoms with Crippen LogP contribution in [0.25, 0.3) is 11.1 Å². The van der Waals surface area contributed by atoms with Crippen molar-refractivity contribution in [2.45, 2.75) is 50.5 Å². The standard InChI is InChI=1S/C28H32N2O5/c1-28(26(32)33)13-6-14-30(28)25(31)19(15-18-11-12-18)16-29-27(34)35-17-24-22-9-4-2-7-20(22)21-8-3-5-10-23(21)24/h2-5,7-10,18-19,24H,6,11-17H2,1H3,(H,29,34)(H,32,33)/t19?,28-/m0/s1. The SMILES string of the molecule is C[C@@]1(C(=O)O)CCCN1C(=O)C(CNC(=O)OCC1c2ccccc2-c2ccccc21)CC1CC1. The molecule has 35 heavy (non-hydrogen) atoms. The van der Waals surface area contributed by atoms with Gasteiger partial charge in [0.2, 0.25) is 5.91 Å². The number of rotatable bonds is 8. The number of carboxylic acids is 1. The molecular weight excluding hydrogens is 444 g/mol. The molecule has 2 aromatic carbocycles. The molecule has 2 aromatic rings. The Morgan fingerprint density at radius 2 is 1.71 bits per heavy atom. The summed E-state index contributed by atoms with van der Waals surface area (Å²) in [6.45, 7) is 2.42. The molecule has 7 heteroatoms. The normalized spacial score (nSPS) is 21.8. The highest BCUT2D eigenvalue weighted by molar-refractivity contribution is 5.89. The Morgan fingerprint density at radius 3 is 2.31 bits per heavy atom. The molecule has 3 aliphatic rings. The Balaban J connectivity index is 1.22. The summed E-state index contributed by atoms with van der Waals surface area (Å²) in [6.07, 6.45) is 3.38. The minimum atomic E-state index is -1.18. The van der Waals surface area contributed by atoms with Gasteiger partial charge in [-0.05, 0) is 54.4 Å². The van der Waals surface area contributed by atoms with Crippen LogP contribution in [0.4, 0.5) is 4.79 Å². The molecule has 184 valence electrons. The van der Waals surface area contributed by atoms with Crippen LogP contribution in [0.2, 0.25) is 0 Å². The maximum Gasteiger partial charge on any atom is 0.407 e. The van der Waals surface area contributed by atoms with E-state index >= 15 is 0 Å². The van der Waals surface area contributed by atoms with Crippen molar-refractivity contribution >= 4 is 18.0 Å². The van der Waals surface area contributed by atoms with Gasteiger partial charge in [-0.15, -0.1) is 0 Å². The first-order valence-corrected chi connectivity index (χ1v) is 12.5. The smallest absolute Gasteiger partial charge is 0.407 e. The number of fused-ring (bicyclic) bond motifs is 3. The van der Waals surface area contributed by atoms with E-state index in [0.29, 0.717) is 31.7 Å². The van der Waals surface area contributed by atoms with Crippen LogP contribution in [-0.2, 0) is 14.3 Å².